The summed E-state index contributed by atoms with van der Waals surface area (Å²) < 4.78 is 48.6. The number of anilines is 2. The van der Waals surface area contributed by atoms with Gasteiger partial charge < -0.3 is 9.64 Å². The van der Waals surface area contributed by atoms with Gasteiger partial charge in [-0.1, -0.05) is 6.42 Å². The molecule has 3 aromatic rings. The molecule has 0 radical (unpaired) electrons. The number of aromatic nitrogens is 1. The van der Waals surface area contributed by atoms with Crippen LogP contribution in [-0.4, -0.2) is 38.8 Å². The Morgan fingerprint density at radius 2 is 2.03 bits per heavy atom. The zero-order valence-electron chi connectivity index (χ0n) is 18.2. The maximum absolute atomic E-state index is 14.0. The van der Waals surface area contributed by atoms with Crippen molar-refractivity contribution in [3.8, 4) is 17.0 Å². The van der Waals surface area contributed by atoms with Gasteiger partial charge in [0.2, 0.25) is 0 Å². The number of carbonyl (C=O) groups is 1. The van der Waals surface area contributed by atoms with E-state index in [1.807, 2.05) is 4.90 Å². The van der Waals surface area contributed by atoms with Crippen molar-refractivity contribution in [2.75, 3.05) is 23.9 Å². The predicted molar refractivity (Wildman–Crippen MR) is 129 cm³/mol. The van der Waals surface area contributed by atoms with Crippen molar-refractivity contribution in [2.45, 2.75) is 30.6 Å². The van der Waals surface area contributed by atoms with Gasteiger partial charge in [0.1, 0.15) is 10.7 Å². The molecule has 3 heterocycles. The Morgan fingerprint density at radius 3 is 2.82 bits per heavy atom. The monoisotopic (exact) mass is 500 g/mol. The van der Waals surface area contributed by atoms with Crippen LogP contribution in [0.15, 0.2) is 51.1 Å². The first-order valence-electron chi connectivity index (χ1n) is 10.7. The van der Waals surface area contributed by atoms with Gasteiger partial charge in [-0.25, -0.2) is 9.37 Å². The van der Waals surface area contributed by atoms with Crippen LogP contribution in [-0.2, 0) is 10.0 Å². The van der Waals surface area contributed by atoms with E-state index in [-0.39, 0.29) is 16.2 Å². The molecule has 0 unspecified atom stereocenters. The quantitative estimate of drug-likeness (QED) is 0.558. The maximum atomic E-state index is 14.0. The molecule has 1 aromatic heterocycles. The molecular formula is C23H21FN4O4S2. The second-order valence-corrected chi connectivity index (χ2v) is 10.4. The molecule has 0 atom stereocenters. The van der Waals surface area contributed by atoms with E-state index in [0.717, 1.165) is 19.3 Å². The van der Waals surface area contributed by atoms with Crippen LogP contribution in [0.1, 0.15) is 36.0 Å². The predicted octanol–water partition coefficient (Wildman–Crippen LogP) is 4.69. The molecule has 34 heavy (non-hydrogen) atoms. The highest BCUT2D eigenvalue weighted by Crippen LogP contribution is 2.35. The summed E-state index contributed by atoms with van der Waals surface area (Å²) in [6, 6.07) is 9.12. The summed E-state index contributed by atoms with van der Waals surface area (Å²) in [6.45, 7) is 0.695. The van der Waals surface area contributed by atoms with Crippen LogP contribution in [0.25, 0.3) is 11.3 Å². The van der Waals surface area contributed by atoms with E-state index < -0.39 is 21.7 Å². The van der Waals surface area contributed by atoms with E-state index in [1.165, 1.54) is 36.6 Å². The largest absolute Gasteiger partial charge is 0.494 e. The van der Waals surface area contributed by atoms with Gasteiger partial charge in [0, 0.05) is 29.5 Å². The van der Waals surface area contributed by atoms with Gasteiger partial charge in [-0.2, -0.15) is 8.42 Å². The number of fused-ring (bicyclic) bond motifs is 3. The number of halogens is 1. The van der Waals surface area contributed by atoms with Gasteiger partial charge in [0.15, 0.2) is 16.7 Å². The summed E-state index contributed by atoms with van der Waals surface area (Å²) in [5.74, 6) is -0.312. The number of carbonyl (C=O) groups excluding carboxylic acids is 1. The molecule has 8 nitrogen and oxygen atoms in total. The van der Waals surface area contributed by atoms with E-state index in [1.54, 1.807) is 23.6 Å². The fourth-order valence-corrected chi connectivity index (χ4v) is 6.08. The summed E-state index contributed by atoms with van der Waals surface area (Å²) in [4.78, 5) is 19.2. The molecule has 5 rings (SSSR count). The number of hydrogen-bond acceptors (Lipinski definition) is 7. The van der Waals surface area contributed by atoms with Gasteiger partial charge in [-0.05, 0) is 49.2 Å². The third-order valence-corrected chi connectivity index (χ3v) is 7.87. The first kappa shape index (κ1) is 22.5. The third-order valence-electron chi connectivity index (χ3n) is 5.78. The molecule has 0 spiro atoms. The topological polar surface area (TPSA) is 101 Å². The number of nitrogens with one attached hydrogen (secondary N) is 1. The molecule has 176 valence electrons. The second kappa shape index (κ2) is 8.80. The van der Waals surface area contributed by atoms with Crippen LogP contribution in [0.2, 0.25) is 0 Å². The molecule has 2 aromatic carbocycles. The minimum Gasteiger partial charge on any atom is -0.494 e. The maximum Gasteiger partial charge on any atom is 0.286 e. The molecule has 1 amide bonds. The number of hydrogen-bond donors (Lipinski definition) is 1. The fraction of sp³-hybridized carbons (Fsp3) is 0.261. The smallest absolute Gasteiger partial charge is 0.286 e. The van der Waals surface area contributed by atoms with Crippen LogP contribution >= 0.6 is 11.3 Å². The summed E-state index contributed by atoms with van der Waals surface area (Å²) in [5, 5.41) is 4.70. The first-order chi connectivity index (χ1) is 16.4. The lowest BCUT2D eigenvalue weighted by atomic mass is 10.1. The van der Waals surface area contributed by atoms with Crippen molar-refractivity contribution in [3.05, 3.63) is 53.2 Å². The van der Waals surface area contributed by atoms with Crippen LogP contribution in [0, 0.1) is 5.82 Å². The van der Waals surface area contributed by atoms with Crippen molar-refractivity contribution < 1.29 is 22.3 Å². The fourth-order valence-electron chi connectivity index (χ4n) is 4.08. The highest BCUT2D eigenvalue weighted by molar-refractivity contribution is 7.90. The summed E-state index contributed by atoms with van der Waals surface area (Å²) in [5.41, 5.74) is 1.78. The highest BCUT2D eigenvalue weighted by atomic mass is 32.2. The third kappa shape index (κ3) is 4.16. The standard InChI is InChI=1S/C23H21FN4O4S2/c1-32-19-9-7-14(11-16(19)24)17-13-33-23(25-17)26-22(29)15-6-8-18-20(12-15)34(30,31)27-21-5-3-2-4-10-28(18)21/h6-9,11-13H,2-5,10H2,1H3,(H,25,26,29). The number of amidine groups is 1. The number of nitrogens with zero attached hydrogens (tertiary/aromatic N) is 3. The summed E-state index contributed by atoms with van der Waals surface area (Å²) in [7, 11) is -2.50. The van der Waals surface area contributed by atoms with Gasteiger partial charge >= 0.3 is 0 Å². The lowest BCUT2D eigenvalue weighted by molar-refractivity contribution is 0.102. The van der Waals surface area contributed by atoms with Crippen molar-refractivity contribution in [1.82, 2.24) is 4.98 Å². The number of rotatable bonds is 4. The van der Waals surface area contributed by atoms with E-state index >= 15 is 0 Å². The van der Waals surface area contributed by atoms with Crippen LogP contribution < -0.4 is 15.0 Å². The number of benzene rings is 2. The summed E-state index contributed by atoms with van der Waals surface area (Å²) >= 11 is 1.18. The van der Waals surface area contributed by atoms with E-state index in [2.05, 4.69) is 14.7 Å². The zero-order valence-corrected chi connectivity index (χ0v) is 19.9. The molecular weight excluding hydrogens is 479 g/mol. The van der Waals surface area contributed by atoms with E-state index in [9.17, 15) is 17.6 Å². The van der Waals surface area contributed by atoms with Crippen molar-refractivity contribution in [2.24, 2.45) is 4.40 Å². The summed E-state index contributed by atoms with van der Waals surface area (Å²) in [6.07, 6.45) is 3.49. The molecule has 11 heteroatoms. The molecule has 2 aliphatic rings. The second-order valence-electron chi connectivity index (χ2n) is 7.97. The number of sulfonamides is 1. The van der Waals surface area contributed by atoms with Crippen LogP contribution in [0.4, 0.5) is 15.2 Å². The van der Waals surface area contributed by atoms with Crippen molar-refractivity contribution in [3.63, 3.8) is 0 Å². The van der Waals surface area contributed by atoms with Gasteiger partial charge in [0.05, 0.1) is 18.5 Å². The Morgan fingerprint density at radius 1 is 1.18 bits per heavy atom. The Hall–Kier alpha value is -3.31. The first-order valence-corrected chi connectivity index (χ1v) is 13.0. The Kier molecular flexibility index (Phi) is 5.82. The van der Waals surface area contributed by atoms with Crippen molar-refractivity contribution >= 4 is 43.9 Å². The lowest BCUT2D eigenvalue weighted by Gasteiger charge is -2.29. The van der Waals surface area contributed by atoms with Gasteiger partial charge in [-0.3, -0.25) is 10.1 Å². The molecule has 0 bridgehead atoms. The Bertz CT molecular complexity index is 1420. The number of amides is 1. The molecule has 0 aliphatic carbocycles. The number of thiazole rings is 1. The number of ether oxygens (including phenoxy) is 1. The minimum atomic E-state index is -3.89. The Labute approximate surface area is 200 Å². The SMILES string of the molecule is COc1ccc(-c2csc(NC(=O)c3ccc4c(c3)S(=O)(=O)N=C3CCCCCN34)n2)cc1F. The van der Waals surface area contributed by atoms with Crippen LogP contribution in [0.5, 0.6) is 5.75 Å². The lowest BCUT2D eigenvalue weighted by Crippen LogP contribution is -2.35. The van der Waals surface area contributed by atoms with E-state index in [0.29, 0.717) is 40.9 Å². The molecule has 0 saturated carbocycles. The molecule has 1 saturated heterocycles. The highest BCUT2D eigenvalue weighted by Gasteiger charge is 2.32. The Balaban J connectivity index is 1.39. The minimum absolute atomic E-state index is 0.0272. The van der Waals surface area contributed by atoms with Gasteiger partial charge in [-0.15, -0.1) is 15.7 Å². The van der Waals surface area contributed by atoms with E-state index in [4.69, 9.17) is 4.74 Å². The van der Waals surface area contributed by atoms with Crippen molar-refractivity contribution in [1.29, 1.82) is 0 Å². The molecule has 1 N–H and O–H groups in total. The zero-order chi connectivity index (χ0) is 23.9. The average Bonchev–Trinajstić information content (AvgIpc) is 3.16. The molecule has 1 fully saturated rings. The average molecular weight is 501 g/mol. The number of methoxy groups -OCH3 is 1. The van der Waals surface area contributed by atoms with Crippen LogP contribution in [0.3, 0.4) is 0 Å². The van der Waals surface area contributed by atoms with Gasteiger partial charge in [0.25, 0.3) is 15.9 Å². The normalized spacial score (nSPS) is 16.6. The molecule has 2 aliphatic heterocycles.